The molecule has 0 aliphatic carbocycles. The lowest BCUT2D eigenvalue weighted by atomic mass is 10.2. The summed E-state index contributed by atoms with van der Waals surface area (Å²) in [7, 11) is 0. The first-order valence-corrected chi connectivity index (χ1v) is 8.55. The molecule has 2 amide bonds. The lowest BCUT2D eigenvalue weighted by Crippen LogP contribution is -2.44. The van der Waals surface area contributed by atoms with Gasteiger partial charge in [-0.3, -0.25) is 0 Å². The third-order valence-corrected chi connectivity index (χ3v) is 5.20. The van der Waals surface area contributed by atoms with Crippen LogP contribution in [0.5, 0.6) is 0 Å². The Kier molecular flexibility index (Phi) is 5.52. The standard InChI is InChI=1S/C14H17BrN2O3S/c1-2-10-8-17(5-6-21-10)14(20)16-12-4-3-9(15)7-11(12)13(18)19/h3-4,7,10H,2,5-6,8H2,1H3,(H,16,20)(H,18,19). The smallest absolute Gasteiger partial charge is 0.337 e. The first kappa shape index (κ1) is 16.2. The second-order valence-corrected chi connectivity index (χ2v) is 7.10. The Bertz CT molecular complexity index is 553. The molecular weight excluding hydrogens is 356 g/mol. The first-order chi connectivity index (χ1) is 10.0. The zero-order valence-corrected chi connectivity index (χ0v) is 14.0. The quantitative estimate of drug-likeness (QED) is 0.851. The number of hydrogen-bond donors (Lipinski definition) is 2. The monoisotopic (exact) mass is 372 g/mol. The molecule has 2 N–H and O–H groups in total. The summed E-state index contributed by atoms with van der Waals surface area (Å²) in [6, 6.07) is 4.56. The van der Waals surface area contributed by atoms with Crippen molar-refractivity contribution in [3.8, 4) is 0 Å². The van der Waals surface area contributed by atoms with Crippen molar-refractivity contribution in [2.24, 2.45) is 0 Å². The van der Waals surface area contributed by atoms with Crippen molar-refractivity contribution in [2.45, 2.75) is 18.6 Å². The molecule has 1 heterocycles. The van der Waals surface area contributed by atoms with Gasteiger partial charge < -0.3 is 15.3 Å². The number of benzene rings is 1. The molecule has 114 valence electrons. The topological polar surface area (TPSA) is 69.6 Å². The summed E-state index contributed by atoms with van der Waals surface area (Å²) in [5.41, 5.74) is 0.401. The van der Waals surface area contributed by atoms with E-state index in [1.165, 1.54) is 6.07 Å². The van der Waals surface area contributed by atoms with Crippen LogP contribution in [0.1, 0.15) is 23.7 Å². The average molecular weight is 373 g/mol. The van der Waals surface area contributed by atoms with Gasteiger partial charge in [0.05, 0.1) is 11.3 Å². The molecule has 0 bridgehead atoms. The van der Waals surface area contributed by atoms with Crippen LogP contribution in [0.2, 0.25) is 0 Å². The highest BCUT2D eigenvalue weighted by atomic mass is 79.9. The van der Waals surface area contributed by atoms with Crippen LogP contribution in [0.25, 0.3) is 0 Å². The van der Waals surface area contributed by atoms with Gasteiger partial charge in [0.2, 0.25) is 0 Å². The molecule has 2 rings (SSSR count). The van der Waals surface area contributed by atoms with Gasteiger partial charge in [0.1, 0.15) is 0 Å². The number of amides is 2. The normalized spacial score (nSPS) is 18.4. The third-order valence-electron chi connectivity index (χ3n) is 3.33. The number of hydrogen-bond acceptors (Lipinski definition) is 3. The summed E-state index contributed by atoms with van der Waals surface area (Å²) >= 11 is 5.11. The van der Waals surface area contributed by atoms with Gasteiger partial charge in [-0.2, -0.15) is 11.8 Å². The molecule has 1 unspecified atom stereocenters. The van der Waals surface area contributed by atoms with Gasteiger partial charge in [0, 0.05) is 28.6 Å². The fourth-order valence-corrected chi connectivity index (χ4v) is 3.69. The van der Waals surface area contributed by atoms with Crippen LogP contribution in [0.15, 0.2) is 22.7 Å². The van der Waals surface area contributed by atoms with Gasteiger partial charge in [-0.15, -0.1) is 0 Å². The number of carboxylic acid groups (broad SMARTS) is 1. The number of carbonyl (C=O) groups is 2. The van der Waals surface area contributed by atoms with Gasteiger partial charge in [-0.1, -0.05) is 22.9 Å². The molecule has 0 saturated carbocycles. The van der Waals surface area contributed by atoms with Crippen LogP contribution in [0.3, 0.4) is 0 Å². The highest BCUT2D eigenvalue weighted by molar-refractivity contribution is 9.10. The van der Waals surface area contributed by atoms with E-state index in [4.69, 9.17) is 0 Å². The van der Waals surface area contributed by atoms with Crippen molar-refractivity contribution >= 4 is 45.4 Å². The lowest BCUT2D eigenvalue weighted by Gasteiger charge is -2.32. The van der Waals surface area contributed by atoms with Gasteiger partial charge in [-0.25, -0.2) is 9.59 Å². The number of urea groups is 1. The van der Waals surface area contributed by atoms with E-state index in [1.54, 1.807) is 17.0 Å². The molecule has 21 heavy (non-hydrogen) atoms. The van der Waals surface area contributed by atoms with Gasteiger partial charge in [0.15, 0.2) is 0 Å². The molecule has 1 aromatic rings. The van der Waals surface area contributed by atoms with Crippen LogP contribution < -0.4 is 5.32 Å². The predicted molar refractivity (Wildman–Crippen MR) is 88.2 cm³/mol. The summed E-state index contributed by atoms with van der Waals surface area (Å²) in [6.45, 7) is 3.49. The summed E-state index contributed by atoms with van der Waals surface area (Å²) < 4.78 is 0.665. The number of anilines is 1. The van der Waals surface area contributed by atoms with E-state index in [9.17, 15) is 14.7 Å². The minimum Gasteiger partial charge on any atom is -0.478 e. The van der Waals surface area contributed by atoms with Crippen molar-refractivity contribution in [1.82, 2.24) is 4.90 Å². The second-order valence-electron chi connectivity index (χ2n) is 4.77. The van der Waals surface area contributed by atoms with Crippen LogP contribution in [-0.4, -0.2) is 46.1 Å². The number of aromatic carboxylic acids is 1. The van der Waals surface area contributed by atoms with E-state index < -0.39 is 5.97 Å². The average Bonchev–Trinajstić information content (AvgIpc) is 2.48. The number of rotatable bonds is 3. The molecule has 0 radical (unpaired) electrons. The minimum atomic E-state index is -1.06. The van der Waals surface area contributed by atoms with E-state index in [0.29, 0.717) is 28.5 Å². The molecule has 1 atom stereocenters. The van der Waals surface area contributed by atoms with Gasteiger partial charge >= 0.3 is 12.0 Å². The fourth-order valence-electron chi connectivity index (χ4n) is 2.15. The van der Waals surface area contributed by atoms with Crippen LogP contribution in [-0.2, 0) is 0 Å². The van der Waals surface area contributed by atoms with Crippen molar-refractivity contribution in [2.75, 3.05) is 24.2 Å². The number of carbonyl (C=O) groups excluding carboxylic acids is 1. The second kappa shape index (κ2) is 7.17. The summed E-state index contributed by atoms with van der Waals surface area (Å²) in [5, 5.41) is 12.4. The number of halogens is 1. The van der Waals surface area contributed by atoms with Crippen LogP contribution >= 0.6 is 27.7 Å². The molecule has 7 heteroatoms. The van der Waals surface area contributed by atoms with Crippen LogP contribution in [0.4, 0.5) is 10.5 Å². The number of thioether (sulfide) groups is 1. The summed E-state index contributed by atoms with van der Waals surface area (Å²) in [4.78, 5) is 25.3. The maximum atomic E-state index is 12.3. The van der Waals surface area contributed by atoms with E-state index in [2.05, 4.69) is 28.2 Å². The van der Waals surface area contributed by atoms with Crippen molar-refractivity contribution in [3.63, 3.8) is 0 Å². The van der Waals surface area contributed by atoms with Crippen molar-refractivity contribution in [3.05, 3.63) is 28.2 Å². The number of carboxylic acids is 1. The Morgan fingerprint density at radius 2 is 2.29 bits per heavy atom. The Labute approximate surface area is 136 Å². The Balaban J connectivity index is 2.11. The predicted octanol–water partition coefficient (Wildman–Crippen LogP) is 3.51. The molecule has 0 aromatic heterocycles. The lowest BCUT2D eigenvalue weighted by molar-refractivity contribution is 0.0698. The van der Waals surface area contributed by atoms with E-state index in [1.807, 2.05) is 11.8 Å². The molecular formula is C14H17BrN2O3S. The molecule has 1 aliphatic rings. The van der Waals surface area contributed by atoms with E-state index in [0.717, 1.165) is 12.2 Å². The minimum absolute atomic E-state index is 0.0798. The number of nitrogens with one attached hydrogen (secondary N) is 1. The molecule has 1 saturated heterocycles. The molecule has 5 nitrogen and oxygen atoms in total. The highest BCUT2D eigenvalue weighted by Crippen LogP contribution is 2.24. The maximum Gasteiger partial charge on any atom is 0.337 e. The summed E-state index contributed by atoms with van der Waals surface area (Å²) in [5.74, 6) is -0.148. The Morgan fingerprint density at radius 1 is 1.52 bits per heavy atom. The molecule has 0 spiro atoms. The summed E-state index contributed by atoms with van der Waals surface area (Å²) in [6.07, 6.45) is 1.02. The first-order valence-electron chi connectivity index (χ1n) is 6.71. The zero-order valence-electron chi connectivity index (χ0n) is 11.6. The van der Waals surface area contributed by atoms with E-state index in [-0.39, 0.29) is 11.6 Å². The SMILES string of the molecule is CCC1CN(C(=O)Nc2ccc(Br)cc2C(=O)O)CCS1. The van der Waals surface area contributed by atoms with E-state index >= 15 is 0 Å². The largest absolute Gasteiger partial charge is 0.478 e. The number of nitrogens with zero attached hydrogens (tertiary/aromatic N) is 1. The van der Waals surface area contributed by atoms with Crippen LogP contribution in [0, 0.1) is 0 Å². The highest BCUT2D eigenvalue weighted by Gasteiger charge is 2.24. The maximum absolute atomic E-state index is 12.3. The molecule has 1 aliphatic heterocycles. The van der Waals surface area contributed by atoms with Gasteiger partial charge in [0.25, 0.3) is 0 Å². The zero-order chi connectivity index (χ0) is 15.4. The van der Waals surface area contributed by atoms with Crippen molar-refractivity contribution < 1.29 is 14.7 Å². The Hall–Kier alpha value is -1.21. The third kappa shape index (κ3) is 4.14. The van der Waals surface area contributed by atoms with Crippen molar-refractivity contribution in [1.29, 1.82) is 0 Å². The fraction of sp³-hybridized carbons (Fsp3) is 0.429. The van der Waals surface area contributed by atoms with Gasteiger partial charge in [-0.05, 0) is 24.6 Å². The molecule has 1 fully saturated rings. The Morgan fingerprint density at radius 3 is 2.95 bits per heavy atom. The molecule has 1 aromatic carbocycles.